The molecular formula is C33H38N4O7. The van der Waals surface area contributed by atoms with Crippen molar-refractivity contribution in [1.29, 1.82) is 0 Å². The largest absolute Gasteiger partial charge is 0.491 e. The highest BCUT2D eigenvalue weighted by Crippen LogP contribution is 2.30. The number of rotatable bonds is 4. The van der Waals surface area contributed by atoms with Gasteiger partial charge >= 0.3 is 0 Å². The zero-order chi connectivity index (χ0) is 31.4. The van der Waals surface area contributed by atoms with Crippen LogP contribution >= 0.6 is 0 Å². The topological polar surface area (TPSA) is 119 Å². The first-order chi connectivity index (χ1) is 21.1. The first-order valence-corrected chi connectivity index (χ1v) is 14.8. The van der Waals surface area contributed by atoms with E-state index >= 15 is 0 Å². The summed E-state index contributed by atoms with van der Waals surface area (Å²) >= 11 is 0. The van der Waals surface area contributed by atoms with Crippen LogP contribution in [-0.2, 0) is 23.2 Å². The third-order valence-corrected chi connectivity index (χ3v) is 7.62. The van der Waals surface area contributed by atoms with Crippen LogP contribution in [0.25, 0.3) is 0 Å². The number of hydrogen-bond donors (Lipinski definition) is 1. The fourth-order valence-corrected chi connectivity index (χ4v) is 5.42. The second-order valence-corrected chi connectivity index (χ2v) is 11.4. The van der Waals surface area contributed by atoms with E-state index in [-0.39, 0.29) is 55.2 Å². The molecule has 5 rings (SSSR count). The number of hydrogen-bond acceptors (Lipinski definition) is 7. The van der Waals surface area contributed by atoms with Gasteiger partial charge in [-0.2, -0.15) is 0 Å². The summed E-state index contributed by atoms with van der Waals surface area (Å²) < 4.78 is 19.8. The van der Waals surface area contributed by atoms with Crippen molar-refractivity contribution in [2.24, 2.45) is 7.05 Å². The Kier molecular flexibility index (Phi) is 9.34. The van der Waals surface area contributed by atoms with E-state index < -0.39 is 6.04 Å². The fourth-order valence-electron chi connectivity index (χ4n) is 5.42. The molecule has 1 fully saturated rings. The number of carbonyl (C=O) groups excluding carboxylic acids is 3. The lowest BCUT2D eigenvalue weighted by atomic mass is 10.0. The van der Waals surface area contributed by atoms with Crippen molar-refractivity contribution in [3.8, 4) is 17.2 Å². The number of aromatic nitrogens is 1. The zero-order valence-corrected chi connectivity index (χ0v) is 25.4. The molecule has 0 saturated carbocycles. The average Bonchev–Trinajstić information content (AvgIpc) is 2.99. The molecule has 11 heteroatoms. The van der Waals surface area contributed by atoms with Gasteiger partial charge < -0.3 is 33.9 Å². The summed E-state index contributed by atoms with van der Waals surface area (Å²) in [7, 11) is 1.59. The van der Waals surface area contributed by atoms with Gasteiger partial charge in [-0.1, -0.05) is 12.1 Å². The summed E-state index contributed by atoms with van der Waals surface area (Å²) in [6.07, 6.45) is 1.49. The van der Waals surface area contributed by atoms with E-state index in [1.54, 1.807) is 37.1 Å². The second kappa shape index (κ2) is 13.3. The molecule has 2 aromatic carbocycles. The Balaban J connectivity index is 1.44. The number of carbonyl (C=O) groups is 3. The van der Waals surface area contributed by atoms with Gasteiger partial charge in [0.05, 0.1) is 37.0 Å². The van der Waals surface area contributed by atoms with E-state index in [0.29, 0.717) is 47.9 Å². The predicted molar refractivity (Wildman–Crippen MR) is 163 cm³/mol. The van der Waals surface area contributed by atoms with Crippen LogP contribution in [0.2, 0.25) is 0 Å². The number of ether oxygens (including phenoxy) is 3. The molecule has 1 aromatic heterocycles. The minimum Gasteiger partial charge on any atom is -0.491 e. The van der Waals surface area contributed by atoms with E-state index in [2.05, 4.69) is 5.32 Å². The van der Waals surface area contributed by atoms with Crippen LogP contribution in [0.3, 0.4) is 0 Å². The van der Waals surface area contributed by atoms with Gasteiger partial charge in [-0.25, -0.2) is 0 Å². The quantitative estimate of drug-likeness (QED) is 0.487. The Morgan fingerprint density at radius 3 is 2.64 bits per heavy atom. The molecule has 232 valence electrons. The maximum Gasteiger partial charge on any atom is 0.255 e. The summed E-state index contributed by atoms with van der Waals surface area (Å²) in [6, 6.07) is 14.9. The van der Waals surface area contributed by atoms with Crippen molar-refractivity contribution in [3.05, 3.63) is 87.8 Å². The van der Waals surface area contributed by atoms with E-state index in [1.165, 1.54) is 27.8 Å². The number of amides is 3. The lowest BCUT2D eigenvalue weighted by Crippen LogP contribution is -2.58. The molecule has 2 aliphatic heterocycles. The molecule has 2 atom stereocenters. The molecule has 3 heterocycles. The molecule has 0 unspecified atom stereocenters. The average molecular weight is 603 g/mol. The molecule has 3 amide bonds. The maximum atomic E-state index is 13.7. The molecule has 3 aromatic rings. The van der Waals surface area contributed by atoms with Crippen LogP contribution in [-0.4, -0.2) is 76.5 Å². The van der Waals surface area contributed by atoms with Crippen LogP contribution in [0.15, 0.2) is 65.6 Å². The Hall–Kier alpha value is -4.64. The SMILES string of the molecule is CCN1CC(=O)N[C@H]2CN(C(=O)c3ccc(=O)n(C)c3)CC[C@@H]2OCc2cccc(c2)Oc2cc(OC(C)C)cc(c2)C1=O. The number of fused-ring (bicyclic) bond motifs is 5. The minimum atomic E-state index is -0.525. The highest BCUT2D eigenvalue weighted by atomic mass is 16.5. The standard InChI is InChI=1S/C33H38N4O7/c1-5-36-19-30(38)34-28-18-37(32(40)23-9-10-31(39)35(4)17-23)12-11-29(28)42-20-22-7-6-8-25(13-22)44-27-15-24(33(36)41)14-26(16-27)43-21(2)3/h6-10,13-17,21,28-29H,5,11-12,18-20H2,1-4H3,(H,34,38)/t28-,29-/m0/s1. The van der Waals surface area contributed by atoms with Crippen LogP contribution < -0.4 is 20.3 Å². The number of nitrogens with zero attached hydrogens (tertiary/aromatic N) is 3. The third-order valence-electron chi connectivity index (χ3n) is 7.62. The van der Waals surface area contributed by atoms with Gasteiger partial charge in [-0.05, 0) is 63.1 Å². The molecule has 1 N–H and O–H groups in total. The van der Waals surface area contributed by atoms with Crippen molar-refractivity contribution >= 4 is 17.7 Å². The lowest BCUT2D eigenvalue weighted by molar-refractivity contribution is -0.124. The van der Waals surface area contributed by atoms with E-state index in [1.807, 2.05) is 38.1 Å². The number of pyridine rings is 1. The van der Waals surface area contributed by atoms with Crippen molar-refractivity contribution in [2.75, 3.05) is 26.2 Å². The minimum absolute atomic E-state index is 0.122. The Morgan fingerprint density at radius 1 is 1.07 bits per heavy atom. The van der Waals surface area contributed by atoms with E-state index in [9.17, 15) is 19.2 Å². The van der Waals surface area contributed by atoms with Crippen LogP contribution in [0.1, 0.15) is 53.5 Å². The smallest absolute Gasteiger partial charge is 0.255 e. The maximum absolute atomic E-state index is 13.7. The molecule has 1 saturated heterocycles. The lowest BCUT2D eigenvalue weighted by Gasteiger charge is -2.39. The van der Waals surface area contributed by atoms with Crippen molar-refractivity contribution < 1.29 is 28.6 Å². The third kappa shape index (κ3) is 7.28. The molecule has 11 nitrogen and oxygen atoms in total. The van der Waals surface area contributed by atoms with Gasteiger partial charge in [0, 0.05) is 50.6 Å². The molecule has 4 bridgehead atoms. The monoisotopic (exact) mass is 602 g/mol. The Labute approximate surface area is 256 Å². The summed E-state index contributed by atoms with van der Waals surface area (Å²) in [5.41, 5.74) is 1.38. The zero-order valence-electron chi connectivity index (χ0n) is 25.4. The fraction of sp³-hybridized carbons (Fsp3) is 0.394. The first-order valence-electron chi connectivity index (χ1n) is 14.8. The predicted octanol–water partition coefficient (Wildman–Crippen LogP) is 3.36. The number of piperidine rings is 1. The van der Waals surface area contributed by atoms with Crippen molar-refractivity contribution in [2.45, 2.75) is 52.0 Å². The number of nitrogens with one attached hydrogen (secondary N) is 1. The van der Waals surface area contributed by atoms with Crippen LogP contribution in [0.4, 0.5) is 0 Å². The van der Waals surface area contributed by atoms with E-state index in [0.717, 1.165) is 5.56 Å². The Bertz CT molecular complexity index is 1600. The number of likely N-dealkylation sites (N-methyl/N-ethyl adjacent to an activating group) is 1. The summed E-state index contributed by atoms with van der Waals surface area (Å²) in [5, 5.41) is 3.04. The summed E-state index contributed by atoms with van der Waals surface area (Å²) in [6.45, 7) is 6.60. The van der Waals surface area contributed by atoms with Crippen molar-refractivity contribution in [1.82, 2.24) is 19.7 Å². The van der Waals surface area contributed by atoms with Gasteiger partial charge in [0.15, 0.2) is 0 Å². The molecule has 2 aliphatic rings. The van der Waals surface area contributed by atoms with E-state index in [4.69, 9.17) is 14.2 Å². The first kappa shape index (κ1) is 30.8. The van der Waals surface area contributed by atoms with Gasteiger partial charge in [-0.15, -0.1) is 0 Å². The van der Waals surface area contributed by atoms with Crippen LogP contribution in [0.5, 0.6) is 17.2 Å². The normalized spacial score (nSPS) is 19.2. The highest BCUT2D eigenvalue weighted by molar-refractivity contribution is 5.97. The number of benzene rings is 2. The molecule has 0 radical (unpaired) electrons. The molecule has 0 spiro atoms. The Morgan fingerprint density at radius 2 is 1.89 bits per heavy atom. The molecule has 44 heavy (non-hydrogen) atoms. The van der Waals surface area contributed by atoms with Crippen LogP contribution in [0, 0.1) is 0 Å². The molecular weight excluding hydrogens is 564 g/mol. The number of likely N-dealkylation sites (tertiary alicyclic amines) is 1. The van der Waals surface area contributed by atoms with Gasteiger partial charge in [0.1, 0.15) is 17.2 Å². The van der Waals surface area contributed by atoms with Gasteiger partial charge in [0.2, 0.25) is 11.5 Å². The second-order valence-electron chi connectivity index (χ2n) is 11.4. The molecule has 0 aliphatic carbocycles. The number of aryl methyl sites for hydroxylation is 1. The highest BCUT2D eigenvalue weighted by Gasteiger charge is 2.34. The van der Waals surface area contributed by atoms with Gasteiger partial charge in [0.25, 0.3) is 11.8 Å². The van der Waals surface area contributed by atoms with Crippen molar-refractivity contribution in [3.63, 3.8) is 0 Å². The van der Waals surface area contributed by atoms with Gasteiger partial charge in [-0.3, -0.25) is 19.2 Å². The summed E-state index contributed by atoms with van der Waals surface area (Å²) in [4.78, 5) is 55.4. The summed E-state index contributed by atoms with van der Waals surface area (Å²) in [5.74, 6) is 0.548.